The van der Waals surface area contributed by atoms with Crippen molar-refractivity contribution in [2.45, 2.75) is 63.3 Å². The molecule has 0 spiro atoms. The Hall–Kier alpha value is -0.810. The molecule has 2 rings (SSSR count). The summed E-state index contributed by atoms with van der Waals surface area (Å²) in [5, 5.41) is 0. The standard InChI is InChI=1S/C15H23NO/c1-2-3-9-14(17)15(10-5-6-11-15)16-12-7-4-8-13-16/h1H,3-13H2. The lowest BCUT2D eigenvalue weighted by Gasteiger charge is -2.42. The monoisotopic (exact) mass is 233 g/mol. The van der Waals surface area contributed by atoms with E-state index < -0.39 is 0 Å². The molecule has 0 bridgehead atoms. The largest absolute Gasteiger partial charge is 0.298 e. The van der Waals surface area contributed by atoms with Gasteiger partial charge in [-0.05, 0) is 38.8 Å². The molecule has 1 aliphatic carbocycles. The average Bonchev–Trinajstić information content (AvgIpc) is 2.87. The maximum atomic E-state index is 12.5. The molecule has 2 aliphatic rings. The van der Waals surface area contributed by atoms with Crippen molar-refractivity contribution in [2.24, 2.45) is 0 Å². The van der Waals surface area contributed by atoms with Crippen LogP contribution < -0.4 is 0 Å². The van der Waals surface area contributed by atoms with Crippen LogP contribution >= 0.6 is 0 Å². The molecule has 1 saturated heterocycles. The first kappa shape index (κ1) is 12.6. The van der Waals surface area contributed by atoms with Gasteiger partial charge in [-0.3, -0.25) is 9.69 Å². The Labute approximate surface area is 105 Å². The second-order valence-electron chi connectivity index (χ2n) is 5.41. The Balaban J connectivity index is 2.08. The van der Waals surface area contributed by atoms with Crippen molar-refractivity contribution in [3.8, 4) is 12.3 Å². The van der Waals surface area contributed by atoms with Crippen LogP contribution in [-0.4, -0.2) is 29.3 Å². The summed E-state index contributed by atoms with van der Waals surface area (Å²) < 4.78 is 0. The highest BCUT2D eigenvalue weighted by Crippen LogP contribution is 2.38. The Kier molecular flexibility index (Phi) is 4.23. The number of carbonyl (C=O) groups excluding carboxylic acids is 1. The van der Waals surface area contributed by atoms with Crippen LogP contribution in [0.15, 0.2) is 0 Å². The molecule has 0 N–H and O–H groups in total. The number of Topliss-reactive ketones (excluding diaryl/α,β-unsaturated/α-hetero) is 1. The molecule has 0 atom stereocenters. The van der Waals surface area contributed by atoms with Crippen molar-refractivity contribution in [3.05, 3.63) is 0 Å². The maximum absolute atomic E-state index is 12.5. The lowest BCUT2D eigenvalue weighted by molar-refractivity contribution is -0.131. The van der Waals surface area contributed by atoms with E-state index in [0.29, 0.717) is 18.6 Å². The summed E-state index contributed by atoms with van der Waals surface area (Å²) in [6, 6.07) is 0. The lowest BCUT2D eigenvalue weighted by atomic mass is 9.85. The third-order valence-electron chi connectivity index (χ3n) is 4.41. The van der Waals surface area contributed by atoms with Crippen molar-refractivity contribution < 1.29 is 4.79 Å². The fourth-order valence-electron chi connectivity index (χ4n) is 3.47. The molecule has 17 heavy (non-hydrogen) atoms. The minimum Gasteiger partial charge on any atom is -0.298 e. The van der Waals surface area contributed by atoms with Gasteiger partial charge in [-0.2, -0.15) is 0 Å². The highest BCUT2D eigenvalue weighted by atomic mass is 16.1. The number of carbonyl (C=O) groups is 1. The molecule has 2 fully saturated rings. The molecular formula is C15H23NO. The van der Waals surface area contributed by atoms with Crippen LogP contribution in [0.5, 0.6) is 0 Å². The van der Waals surface area contributed by atoms with Gasteiger partial charge >= 0.3 is 0 Å². The van der Waals surface area contributed by atoms with E-state index in [1.807, 2.05) is 0 Å². The van der Waals surface area contributed by atoms with Crippen molar-refractivity contribution in [1.29, 1.82) is 0 Å². The zero-order valence-corrected chi connectivity index (χ0v) is 10.7. The van der Waals surface area contributed by atoms with Crippen LogP contribution in [-0.2, 0) is 4.79 Å². The number of piperidine rings is 1. The number of likely N-dealkylation sites (tertiary alicyclic amines) is 1. The van der Waals surface area contributed by atoms with Gasteiger partial charge in [0.15, 0.2) is 5.78 Å². The molecule has 1 saturated carbocycles. The van der Waals surface area contributed by atoms with Gasteiger partial charge < -0.3 is 0 Å². The number of nitrogens with zero attached hydrogens (tertiary/aromatic N) is 1. The molecule has 0 aromatic carbocycles. The van der Waals surface area contributed by atoms with Gasteiger partial charge in [0.1, 0.15) is 0 Å². The first-order valence-corrected chi connectivity index (χ1v) is 7.01. The first-order chi connectivity index (χ1) is 8.29. The zero-order valence-electron chi connectivity index (χ0n) is 10.7. The van der Waals surface area contributed by atoms with E-state index in [4.69, 9.17) is 6.42 Å². The average molecular weight is 233 g/mol. The summed E-state index contributed by atoms with van der Waals surface area (Å²) in [6.07, 6.45) is 14.8. The molecule has 0 amide bonds. The van der Waals surface area contributed by atoms with Crippen LogP contribution in [0.4, 0.5) is 0 Å². The van der Waals surface area contributed by atoms with Crippen LogP contribution in [0.3, 0.4) is 0 Å². The van der Waals surface area contributed by atoms with Crippen molar-refractivity contribution in [1.82, 2.24) is 4.90 Å². The lowest BCUT2D eigenvalue weighted by Crippen LogP contribution is -2.54. The normalized spacial score (nSPS) is 24.4. The summed E-state index contributed by atoms with van der Waals surface area (Å²) in [4.78, 5) is 15.0. The van der Waals surface area contributed by atoms with Gasteiger partial charge in [-0.15, -0.1) is 12.3 Å². The van der Waals surface area contributed by atoms with E-state index in [2.05, 4.69) is 10.8 Å². The summed E-state index contributed by atoms with van der Waals surface area (Å²) in [7, 11) is 0. The first-order valence-electron chi connectivity index (χ1n) is 7.01. The maximum Gasteiger partial charge on any atom is 0.154 e. The molecule has 1 heterocycles. The molecule has 2 heteroatoms. The molecule has 0 aromatic rings. The Morgan fingerprint density at radius 2 is 1.76 bits per heavy atom. The summed E-state index contributed by atoms with van der Waals surface area (Å²) in [5.41, 5.74) is -0.128. The number of hydrogen-bond donors (Lipinski definition) is 0. The van der Waals surface area contributed by atoms with Gasteiger partial charge in [0, 0.05) is 12.8 Å². The highest BCUT2D eigenvalue weighted by molar-refractivity contribution is 5.89. The summed E-state index contributed by atoms with van der Waals surface area (Å²) >= 11 is 0. The fraction of sp³-hybridized carbons (Fsp3) is 0.800. The zero-order chi connectivity index (χ0) is 12.1. The Morgan fingerprint density at radius 1 is 1.12 bits per heavy atom. The molecule has 0 aromatic heterocycles. The quantitative estimate of drug-likeness (QED) is 0.696. The number of hydrogen-bond acceptors (Lipinski definition) is 2. The minimum absolute atomic E-state index is 0.128. The SMILES string of the molecule is C#CCCC(=O)C1(N2CCCCC2)CCCC1. The summed E-state index contributed by atoms with van der Waals surface area (Å²) in [5.74, 6) is 3.01. The molecule has 1 aliphatic heterocycles. The van der Waals surface area contributed by atoms with Gasteiger partial charge in [-0.1, -0.05) is 19.3 Å². The van der Waals surface area contributed by atoms with Crippen molar-refractivity contribution in [3.63, 3.8) is 0 Å². The predicted molar refractivity (Wildman–Crippen MR) is 69.7 cm³/mol. The van der Waals surface area contributed by atoms with Gasteiger partial charge in [-0.25, -0.2) is 0 Å². The molecule has 94 valence electrons. The Bertz CT molecular complexity index is 303. The smallest absolute Gasteiger partial charge is 0.154 e. The van der Waals surface area contributed by atoms with Gasteiger partial charge in [0.2, 0.25) is 0 Å². The Morgan fingerprint density at radius 3 is 2.35 bits per heavy atom. The van der Waals surface area contributed by atoms with Crippen LogP contribution in [0, 0.1) is 12.3 Å². The van der Waals surface area contributed by atoms with E-state index in [1.54, 1.807) is 0 Å². The molecule has 2 nitrogen and oxygen atoms in total. The van der Waals surface area contributed by atoms with E-state index in [-0.39, 0.29) is 5.54 Å². The van der Waals surface area contributed by atoms with Crippen molar-refractivity contribution in [2.75, 3.05) is 13.1 Å². The number of rotatable bonds is 4. The van der Waals surface area contributed by atoms with Crippen LogP contribution in [0.1, 0.15) is 57.8 Å². The van der Waals surface area contributed by atoms with E-state index in [1.165, 1.54) is 32.1 Å². The second-order valence-corrected chi connectivity index (χ2v) is 5.41. The van der Waals surface area contributed by atoms with Crippen LogP contribution in [0.2, 0.25) is 0 Å². The fourth-order valence-corrected chi connectivity index (χ4v) is 3.47. The number of terminal acetylenes is 1. The third-order valence-corrected chi connectivity index (χ3v) is 4.41. The van der Waals surface area contributed by atoms with E-state index in [0.717, 1.165) is 25.9 Å². The van der Waals surface area contributed by atoms with E-state index >= 15 is 0 Å². The third kappa shape index (κ3) is 2.55. The van der Waals surface area contributed by atoms with Gasteiger partial charge in [0.05, 0.1) is 5.54 Å². The molecular weight excluding hydrogens is 210 g/mol. The minimum atomic E-state index is -0.128. The second kappa shape index (κ2) is 5.69. The van der Waals surface area contributed by atoms with E-state index in [9.17, 15) is 4.79 Å². The predicted octanol–water partition coefficient (Wildman–Crippen LogP) is 2.77. The topological polar surface area (TPSA) is 20.3 Å². The van der Waals surface area contributed by atoms with Gasteiger partial charge in [0.25, 0.3) is 0 Å². The molecule has 0 unspecified atom stereocenters. The highest BCUT2D eigenvalue weighted by Gasteiger charge is 2.45. The van der Waals surface area contributed by atoms with Crippen molar-refractivity contribution >= 4 is 5.78 Å². The summed E-state index contributed by atoms with van der Waals surface area (Å²) in [6.45, 7) is 2.23. The number of ketones is 1. The molecule has 0 radical (unpaired) electrons. The van der Waals surface area contributed by atoms with Crippen LogP contribution in [0.25, 0.3) is 0 Å².